The minimum atomic E-state index is -0.583. The molecule has 1 aliphatic heterocycles. The number of hydrogen-bond donors (Lipinski definition) is 0. The van der Waals surface area contributed by atoms with Crippen molar-refractivity contribution < 1.29 is 9.47 Å². The third kappa shape index (κ3) is 5.06. The van der Waals surface area contributed by atoms with Gasteiger partial charge >= 0.3 is 169 Å². The van der Waals surface area contributed by atoms with Crippen molar-refractivity contribution >= 4 is 19.4 Å². The van der Waals surface area contributed by atoms with E-state index in [-0.39, 0.29) is 26.1 Å². The Balaban J connectivity index is 1.86. The third-order valence-corrected chi connectivity index (χ3v) is 6.88. The summed E-state index contributed by atoms with van der Waals surface area (Å²) in [6.45, 7) is 2.19. The molecule has 0 bridgehead atoms. The summed E-state index contributed by atoms with van der Waals surface area (Å²) in [5.74, 6) is 0. The number of benzene rings is 2. The summed E-state index contributed by atoms with van der Waals surface area (Å²) in [4.78, 5) is 5.97. The number of nitrogens with zero attached hydrogens (tertiary/aromatic N) is 6. The molecule has 28 heavy (non-hydrogen) atoms. The van der Waals surface area contributed by atoms with Gasteiger partial charge in [-0.3, -0.25) is 0 Å². The fourth-order valence-electron chi connectivity index (χ4n) is 3.09. The standard InChI is InChI=1S/C19H20N6O2Se/c1-13-16(22-24-20)18(26-12-14-8-4-2-5-9-14)17(23-25-21)19(27-13)28-15-10-6-3-7-11-15/h2-11,13,16-19H,12H2,1H3/t13?,16-,17?,18?,19-/m1/s1. The van der Waals surface area contributed by atoms with E-state index in [1.165, 1.54) is 0 Å². The molecule has 144 valence electrons. The maximum atomic E-state index is 9.14. The first kappa shape index (κ1) is 20.2. The van der Waals surface area contributed by atoms with Crippen molar-refractivity contribution in [1.82, 2.24) is 0 Å². The van der Waals surface area contributed by atoms with Gasteiger partial charge in [-0.2, -0.15) is 0 Å². The number of hydrogen-bond acceptors (Lipinski definition) is 4. The molecule has 0 saturated carbocycles. The van der Waals surface area contributed by atoms with Gasteiger partial charge in [0.05, 0.1) is 0 Å². The van der Waals surface area contributed by atoms with Crippen molar-refractivity contribution in [2.24, 2.45) is 10.2 Å². The Labute approximate surface area is 169 Å². The van der Waals surface area contributed by atoms with Crippen molar-refractivity contribution in [3.05, 3.63) is 87.1 Å². The van der Waals surface area contributed by atoms with Crippen LogP contribution in [0.25, 0.3) is 20.9 Å². The fourth-order valence-corrected chi connectivity index (χ4v) is 5.53. The van der Waals surface area contributed by atoms with E-state index >= 15 is 0 Å². The summed E-state index contributed by atoms with van der Waals surface area (Å²) in [7, 11) is 0. The van der Waals surface area contributed by atoms with Crippen LogP contribution in [0.1, 0.15) is 12.5 Å². The van der Waals surface area contributed by atoms with Gasteiger partial charge in [0.2, 0.25) is 0 Å². The van der Waals surface area contributed by atoms with E-state index in [1.54, 1.807) is 0 Å². The second kappa shape index (κ2) is 10.2. The van der Waals surface area contributed by atoms with Crippen LogP contribution < -0.4 is 4.46 Å². The molecule has 8 nitrogen and oxygen atoms in total. The molecule has 2 aromatic carbocycles. The summed E-state index contributed by atoms with van der Waals surface area (Å²) < 4.78 is 13.4. The molecular formula is C19H20N6O2Se. The summed E-state index contributed by atoms with van der Waals surface area (Å²) >= 11 is -0.0932. The zero-order valence-electron chi connectivity index (χ0n) is 15.3. The number of azide groups is 2. The topological polar surface area (TPSA) is 116 Å². The van der Waals surface area contributed by atoms with E-state index in [4.69, 9.17) is 20.5 Å². The number of ether oxygens (including phenoxy) is 2. The van der Waals surface area contributed by atoms with E-state index in [1.807, 2.05) is 67.6 Å². The van der Waals surface area contributed by atoms with Crippen molar-refractivity contribution in [3.63, 3.8) is 0 Å². The molecule has 0 aliphatic carbocycles. The number of rotatable bonds is 7. The van der Waals surface area contributed by atoms with Crippen LogP contribution in [-0.4, -0.2) is 44.3 Å². The Morgan fingerprint density at radius 1 is 0.964 bits per heavy atom. The molecule has 0 N–H and O–H groups in total. The summed E-state index contributed by atoms with van der Waals surface area (Å²) in [6, 6.07) is 18.5. The molecule has 0 radical (unpaired) electrons. The Bertz CT molecular complexity index is 855. The quantitative estimate of drug-likeness (QED) is 0.281. The summed E-state index contributed by atoms with van der Waals surface area (Å²) in [6.07, 6.45) is -0.913. The van der Waals surface area contributed by atoms with Crippen LogP contribution in [0.2, 0.25) is 0 Å². The Kier molecular flexibility index (Phi) is 7.34. The maximum absolute atomic E-state index is 9.14. The van der Waals surface area contributed by atoms with E-state index < -0.39 is 18.2 Å². The van der Waals surface area contributed by atoms with Crippen molar-refractivity contribution in [2.75, 3.05) is 0 Å². The van der Waals surface area contributed by atoms with E-state index in [2.05, 4.69) is 20.1 Å². The molecule has 0 amide bonds. The molecule has 0 spiro atoms. The van der Waals surface area contributed by atoms with E-state index in [0.29, 0.717) is 6.61 Å². The van der Waals surface area contributed by atoms with Crippen LogP contribution in [0, 0.1) is 0 Å². The third-order valence-electron chi connectivity index (χ3n) is 4.43. The van der Waals surface area contributed by atoms with Gasteiger partial charge < -0.3 is 0 Å². The van der Waals surface area contributed by atoms with Crippen molar-refractivity contribution in [3.8, 4) is 0 Å². The molecule has 0 aromatic heterocycles. The minimum absolute atomic E-state index is 0.0932. The van der Waals surface area contributed by atoms with Gasteiger partial charge in [-0.1, -0.05) is 0 Å². The predicted octanol–water partition coefficient (Wildman–Crippen LogP) is 3.70. The molecule has 3 rings (SSSR count). The Morgan fingerprint density at radius 3 is 2.21 bits per heavy atom. The van der Waals surface area contributed by atoms with Gasteiger partial charge in [-0.25, -0.2) is 0 Å². The van der Waals surface area contributed by atoms with Gasteiger partial charge in [0, 0.05) is 0 Å². The van der Waals surface area contributed by atoms with Crippen LogP contribution in [-0.2, 0) is 16.1 Å². The first-order valence-electron chi connectivity index (χ1n) is 8.84. The van der Waals surface area contributed by atoms with E-state index in [9.17, 15) is 0 Å². The molecule has 1 saturated heterocycles. The van der Waals surface area contributed by atoms with Crippen LogP contribution in [0.5, 0.6) is 0 Å². The van der Waals surface area contributed by atoms with Crippen LogP contribution in [0.3, 0.4) is 0 Å². The zero-order chi connectivity index (χ0) is 19.8. The molecular weight excluding hydrogens is 423 g/mol. The van der Waals surface area contributed by atoms with Crippen LogP contribution in [0.4, 0.5) is 0 Å². The first-order chi connectivity index (χ1) is 13.7. The Hall–Kier alpha value is -2.50. The zero-order valence-corrected chi connectivity index (χ0v) is 17.0. The normalized spacial score (nSPS) is 26.7. The molecule has 3 unspecified atom stereocenters. The molecule has 1 aliphatic rings. The van der Waals surface area contributed by atoms with Gasteiger partial charge in [0.1, 0.15) is 0 Å². The molecule has 2 aromatic rings. The SMILES string of the molecule is CC1O[C@H]([Se]c2ccccc2)C(N=[N+]=[N-])C(OCc2ccccc2)[C@@H]1N=[N+]=[N-]. The first-order valence-corrected chi connectivity index (χ1v) is 10.7. The van der Waals surface area contributed by atoms with Crippen LogP contribution in [0.15, 0.2) is 70.9 Å². The summed E-state index contributed by atoms with van der Waals surface area (Å²) in [5.41, 5.74) is 19.1. The molecule has 1 heterocycles. The van der Waals surface area contributed by atoms with Gasteiger partial charge in [-0.05, 0) is 0 Å². The predicted molar refractivity (Wildman–Crippen MR) is 107 cm³/mol. The van der Waals surface area contributed by atoms with Gasteiger partial charge in [0.25, 0.3) is 0 Å². The molecule has 5 atom stereocenters. The molecule has 9 heteroatoms. The Morgan fingerprint density at radius 2 is 1.57 bits per heavy atom. The monoisotopic (exact) mass is 444 g/mol. The summed E-state index contributed by atoms with van der Waals surface area (Å²) in [5, 5.41) is 7.56. The van der Waals surface area contributed by atoms with Crippen molar-refractivity contribution in [2.45, 2.75) is 42.8 Å². The average molecular weight is 443 g/mol. The fraction of sp³-hybridized carbons (Fsp3) is 0.368. The van der Waals surface area contributed by atoms with Gasteiger partial charge in [0.15, 0.2) is 0 Å². The molecule has 1 fully saturated rings. The van der Waals surface area contributed by atoms with Gasteiger partial charge in [-0.15, -0.1) is 0 Å². The average Bonchev–Trinajstić information content (AvgIpc) is 2.72. The van der Waals surface area contributed by atoms with Crippen LogP contribution >= 0.6 is 0 Å². The second-order valence-corrected chi connectivity index (χ2v) is 8.75. The van der Waals surface area contributed by atoms with Crippen molar-refractivity contribution in [1.29, 1.82) is 0 Å². The van der Waals surface area contributed by atoms with E-state index in [0.717, 1.165) is 10.0 Å². The second-order valence-electron chi connectivity index (χ2n) is 6.29.